The fourth-order valence-corrected chi connectivity index (χ4v) is 2.78. The quantitative estimate of drug-likeness (QED) is 0.777. The second kappa shape index (κ2) is 6.23. The van der Waals surface area contributed by atoms with E-state index >= 15 is 0 Å². The Morgan fingerprint density at radius 2 is 1.90 bits per heavy atom. The molecule has 2 N–H and O–H groups in total. The Hall–Kier alpha value is -1.61. The fraction of sp³-hybridized carbons (Fsp3) is 0.455. The Labute approximate surface area is 116 Å². The number of carboxylic acids is 1. The summed E-state index contributed by atoms with van der Waals surface area (Å²) in [5, 5.41) is 10.4. The van der Waals surface area contributed by atoms with Crippen molar-refractivity contribution in [3.63, 3.8) is 0 Å². The molecule has 20 heavy (non-hydrogen) atoms. The minimum atomic E-state index is -5.08. The summed E-state index contributed by atoms with van der Waals surface area (Å²) in [4.78, 5) is 22.2. The third kappa shape index (κ3) is 3.70. The van der Waals surface area contributed by atoms with Gasteiger partial charge >= 0.3 is 18.1 Å². The van der Waals surface area contributed by atoms with Gasteiger partial charge in [0.05, 0.1) is 7.11 Å². The van der Waals surface area contributed by atoms with E-state index in [0.717, 1.165) is 23.5 Å². The average molecular weight is 311 g/mol. The van der Waals surface area contributed by atoms with Crippen LogP contribution in [0.3, 0.4) is 0 Å². The van der Waals surface area contributed by atoms with Crippen LogP contribution in [0.4, 0.5) is 13.2 Å². The van der Waals surface area contributed by atoms with Gasteiger partial charge in [-0.25, -0.2) is 9.59 Å². The van der Waals surface area contributed by atoms with Crippen LogP contribution < -0.4 is 5.32 Å². The number of alkyl halides is 3. The van der Waals surface area contributed by atoms with Crippen molar-refractivity contribution in [2.45, 2.75) is 26.2 Å². The second-order valence-electron chi connectivity index (χ2n) is 3.86. The van der Waals surface area contributed by atoms with Gasteiger partial charge in [-0.05, 0) is 18.1 Å². The van der Waals surface area contributed by atoms with Gasteiger partial charge in [0.1, 0.15) is 4.88 Å². The zero-order valence-corrected chi connectivity index (χ0v) is 11.4. The van der Waals surface area contributed by atoms with Gasteiger partial charge in [-0.2, -0.15) is 13.2 Å². The first-order valence-electron chi connectivity index (χ1n) is 5.38. The molecule has 2 heterocycles. The summed E-state index contributed by atoms with van der Waals surface area (Å²) in [5.74, 6) is -2.97. The van der Waals surface area contributed by atoms with Gasteiger partial charge in [0.25, 0.3) is 0 Å². The van der Waals surface area contributed by atoms with Crippen LogP contribution in [0.1, 0.15) is 25.7 Å². The molecule has 5 nitrogen and oxygen atoms in total. The maximum Gasteiger partial charge on any atom is 0.490 e. The van der Waals surface area contributed by atoms with E-state index in [1.807, 2.05) is 6.92 Å². The van der Waals surface area contributed by atoms with E-state index in [1.165, 1.54) is 17.6 Å². The number of rotatable bonds is 1. The number of thiophene rings is 1. The van der Waals surface area contributed by atoms with Gasteiger partial charge in [0.2, 0.25) is 0 Å². The third-order valence-electron chi connectivity index (χ3n) is 2.56. The molecule has 0 aliphatic carbocycles. The minimum absolute atomic E-state index is 0.211. The topological polar surface area (TPSA) is 75.6 Å². The first-order valence-corrected chi connectivity index (χ1v) is 6.20. The van der Waals surface area contributed by atoms with Crippen LogP contribution >= 0.6 is 11.3 Å². The van der Waals surface area contributed by atoms with Gasteiger partial charge in [-0.3, -0.25) is 0 Å². The number of carbonyl (C=O) groups excluding carboxylic acids is 1. The number of carbonyl (C=O) groups is 2. The lowest BCUT2D eigenvalue weighted by molar-refractivity contribution is -0.192. The maximum absolute atomic E-state index is 11.3. The molecule has 0 fully saturated rings. The molecule has 0 amide bonds. The van der Waals surface area contributed by atoms with Crippen LogP contribution in [-0.2, 0) is 22.6 Å². The lowest BCUT2D eigenvalue weighted by atomic mass is 10.1. The SMILES string of the molecule is COC(=O)c1sc2c(c1C)CNC2.O=C(O)C(F)(F)F. The number of hydrogen-bond acceptors (Lipinski definition) is 5. The van der Waals surface area contributed by atoms with Gasteiger partial charge in [-0.15, -0.1) is 11.3 Å². The summed E-state index contributed by atoms with van der Waals surface area (Å²) < 4.78 is 36.4. The molecule has 0 spiro atoms. The monoisotopic (exact) mass is 311 g/mol. The molecule has 112 valence electrons. The largest absolute Gasteiger partial charge is 0.490 e. The molecule has 1 aromatic heterocycles. The van der Waals surface area contributed by atoms with E-state index in [0.29, 0.717) is 0 Å². The molecule has 0 bridgehead atoms. The molecule has 0 aromatic carbocycles. The Morgan fingerprint density at radius 1 is 1.35 bits per heavy atom. The summed E-state index contributed by atoms with van der Waals surface area (Å²) in [6.45, 7) is 3.75. The van der Waals surface area contributed by atoms with Crippen LogP contribution in [0.5, 0.6) is 0 Å². The molecule has 2 rings (SSSR count). The number of methoxy groups -OCH3 is 1. The van der Waals surface area contributed by atoms with Crippen molar-refractivity contribution in [2.75, 3.05) is 7.11 Å². The first-order chi connectivity index (χ1) is 9.18. The lowest BCUT2D eigenvalue weighted by Crippen LogP contribution is -2.21. The second-order valence-corrected chi connectivity index (χ2v) is 4.96. The van der Waals surface area contributed by atoms with Crippen LogP contribution in [0.2, 0.25) is 0 Å². The van der Waals surface area contributed by atoms with Crippen LogP contribution in [-0.4, -0.2) is 30.3 Å². The zero-order chi connectivity index (χ0) is 15.5. The highest BCUT2D eigenvalue weighted by Crippen LogP contribution is 2.31. The summed E-state index contributed by atoms with van der Waals surface area (Å²) in [6, 6.07) is 0. The van der Waals surface area contributed by atoms with Crippen molar-refractivity contribution >= 4 is 23.3 Å². The number of carboxylic acid groups (broad SMARTS) is 1. The number of hydrogen-bond donors (Lipinski definition) is 2. The number of halogens is 3. The van der Waals surface area contributed by atoms with Gasteiger partial charge in [0.15, 0.2) is 0 Å². The normalized spacial score (nSPS) is 13.2. The predicted octanol–water partition coefficient (Wildman–Crippen LogP) is 2.08. The molecule has 0 saturated heterocycles. The average Bonchev–Trinajstić information content (AvgIpc) is 2.91. The molecule has 0 radical (unpaired) electrons. The highest BCUT2D eigenvalue weighted by molar-refractivity contribution is 7.14. The van der Waals surface area contributed by atoms with Crippen molar-refractivity contribution in [1.82, 2.24) is 5.32 Å². The molecule has 1 aliphatic heterocycles. The van der Waals surface area contributed by atoms with Crippen LogP contribution in [0.25, 0.3) is 0 Å². The Morgan fingerprint density at radius 3 is 2.30 bits per heavy atom. The molecule has 9 heteroatoms. The summed E-state index contributed by atoms with van der Waals surface area (Å²) in [7, 11) is 1.42. The van der Waals surface area contributed by atoms with E-state index in [-0.39, 0.29) is 5.97 Å². The smallest absolute Gasteiger partial charge is 0.475 e. The Balaban J connectivity index is 0.000000246. The minimum Gasteiger partial charge on any atom is -0.475 e. The highest BCUT2D eigenvalue weighted by Gasteiger charge is 2.38. The molecule has 1 aromatic rings. The summed E-state index contributed by atoms with van der Waals surface area (Å²) in [5.41, 5.74) is 2.36. The predicted molar refractivity (Wildman–Crippen MR) is 64.6 cm³/mol. The lowest BCUT2D eigenvalue weighted by Gasteiger charge is -1.98. The summed E-state index contributed by atoms with van der Waals surface area (Å²) >= 11 is 1.54. The molecule has 1 aliphatic rings. The van der Waals surface area contributed by atoms with E-state index in [2.05, 4.69) is 5.32 Å². The van der Waals surface area contributed by atoms with E-state index in [4.69, 9.17) is 14.6 Å². The van der Waals surface area contributed by atoms with Crippen molar-refractivity contribution in [3.8, 4) is 0 Å². The zero-order valence-electron chi connectivity index (χ0n) is 10.6. The molecular formula is C11H12F3NO4S. The number of fused-ring (bicyclic) bond motifs is 1. The van der Waals surface area contributed by atoms with Crippen LogP contribution in [0, 0.1) is 6.92 Å². The van der Waals surface area contributed by atoms with E-state index in [1.54, 1.807) is 11.3 Å². The standard InChI is InChI=1S/C9H11NO2S.C2HF3O2/c1-5-6-3-10-4-7(6)13-8(5)9(11)12-2;3-2(4,5)1(6)7/h10H,3-4H2,1-2H3;(H,6,7). The number of esters is 1. The van der Waals surface area contributed by atoms with Gasteiger partial charge in [-0.1, -0.05) is 0 Å². The van der Waals surface area contributed by atoms with Crippen LogP contribution in [0.15, 0.2) is 0 Å². The number of nitrogens with one attached hydrogen (secondary N) is 1. The fourth-order valence-electron chi connectivity index (χ4n) is 1.57. The molecule has 0 atom stereocenters. The van der Waals surface area contributed by atoms with E-state index in [9.17, 15) is 18.0 Å². The van der Waals surface area contributed by atoms with Crippen molar-refractivity contribution in [3.05, 3.63) is 20.9 Å². The third-order valence-corrected chi connectivity index (χ3v) is 3.87. The molecule has 0 unspecified atom stereocenters. The molecular weight excluding hydrogens is 299 g/mol. The summed E-state index contributed by atoms with van der Waals surface area (Å²) in [6.07, 6.45) is -5.08. The Bertz CT molecular complexity index is 524. The molecule has 0 saturated carbocycles. The van der Waals surface area contributed by atoms with Gasteiger partial charge in [0, 0.05) is 18.0 Å². The van der Waals surface area contributed by atoms with E-state index < -0.39 is 12.1 Å². The first kappa shape index (κ1) is 16.4. The Kier molecular flexibility index (Phi) is 5.12. The van der Waals surface area contributed by atoms with Crippen molar-refractivity contribution < 1.29 is 32.6 Å². The highest BCUT2D eigenvalue weighted by atomic mass is 32.1. The maximum atomic E-state index is 11.3. The number of aliphatic carboxylic acids is 1. The number of ether oxygens (including phenoxy) is 1. The van der Waals surface area contributed by atoms with Crippen molar-refractivity contribution in [1.29, 1.82) is 0 Å². The van der Waals surface area contributed by atoms with Gasteiger partial charge < -0.3 is 15.2 Å². The van der Waals surface area contributed by atoms with Crippen molar-refractivity contribution in [2.24, 2.45) is 0 Å².